The molecule has 0 aliphatic heterocycles. The predicted molar refractivity (Wildman–Crippen MR) is 72.9 cm³/mol. The van der Waals surface area contributed by atoms with Crippen LogP contribution in [0, 0.1) is 17.8 Å². The summed E-state index contributed by atoms with van der Waals surface area (Å²) in [5.41, 5.74) is 7.17. The Hall–Kier alpha value is -0.830. The van der Waals surface area contributed by atoms with Crippen LogP contribution in [0.3, 0.4) is 0 Å². The third-order valence-electron chi connectivity index (χ3n) is 3.81. The molecule has 3 heteroatoms. The van der Waals surface area contributed by atoms with E-state index in [1.807, 2.05) is 12.5 Å². The Morgan fingerprint density at radius 1 is 1.18 bits per heavy atom. The van der Waals surface area contributed by atoms with Crippen molar-refractivity contribution in [2.75, 3.05) is 6.54 Å². The zero-order valence-electron chi connectivity index (χ0n) is 11.9. The van der Waals surface area contributed by atoms with Crippen LogP contribution in [-0.4, -0.2) is 16.1 Å². The van der Waals surface area contributed by atoms with E-state index in [4.69, 9.17) is 5.73 Å². The van der Waals surface area contributed by atoms with E-state index in [0.717, 1.165) is 6.54 Å². The van der Waals surface area contributed by atoms with Crippen LogP contribution in [0.2, 0.25) is 0 Å². The number of hydrogen-bond acceptors (Lipinski definition) is 2. The van der Waals surface area contributed by atoms with Crippen molar-refractivity contribution in [3.05, 3.63) is 18.2 Å². The molecule has 2 atom stereocenters. The van der Waals surface area contributed by atoms with Gasteiger partial charge in [-0.3, -0.25) is 0 Å². The van der Waals surface area contributed by atoms with Gasteiger partial charge in [0, 0.05) is 30.9 Å². The van der Waals surface area contributed by atoms with Gasteiger partial charge in [-0.15, -0.1) is 0 Å². The van der Waals surface area contributed by atoms with Gasteiger partial charge in [0.1, 0.15) is 0 Å². The van der Waals surface area contributed by atoms with E-state index in [1.54, 1.807) is 0 Å². The SMILES string of the molecule is CC(C)C(C)Cn1cncc1C(CN)C(C)C. The smallest absolute Gasteiger partial charge is 0.0948 e. The third kappa shape index (κ3) is 3.56. The second-order valence-corrected chi connectivity index (χ2v) is 5.78. The van der Waals surface area contributed by atoms with Gasteiger partial charge in [-0.25, -0.2) is 4.98 Å². The average Bonchev–Trinajstić information content (AvgIpc) is 2.66. The first-order valence-electron chi connectivity index (χ1n) is 6.67. The molecule has 98 valence electrons. The van der Waals surface area contributed by atoms with Gasteiger partial charge in [0.2, 0.25) is 0 Å². The van der Waals surface area contributed by atoms with E-state index in [2.05, 4.69) is 44.2 Å². The lowest BCUT2D eigenvalue weighted by Gasteiger charge is -2.23. The van der Waals surface area contributed by atoms with Crippen LogP contribution in [0.25, 0.3) is 0 Å². The Morgan fingerprint density at radius 3 is 2.29 bits per heavy atom. The molecule has 1 rings (SSSR count). The van der Waals surface area contributed by atoms with Crippen molar-refractivity contribution in [2.24, 2.45) is 23.5 Å². The number of nitrogens with zero attached hydrogens (tertiary/aromatic N) is 2. The molecule has 0 fully saturated rings. The Bertz CT molecular complexity index is 328. The molecule has 2 unspecified atom stereocenters. The molecule has 17 heavy (non-hydrogen) atoms. The van der Waals surface area contributed by atoms with Crippen molar-refractivity contribution in [1.82, 2.24) is 9.55 Å². The molecule has 1 aromatic heterocycles. The minimum Gasteiger partial charge on any atom is -0.334 e. The lowest BCUT2D eigenvalue weighted by atomic mass is 9.92. The van der Waals surface area contributed by atoms with Crippen LogP contribution >= 0.6 is 0 Å². The van der Waals surface area contributed by atoms with Gasteiger partial charge in [0.05, 0.1) is 6.33 Å². The molecule has 0 aliphatic rings. The van der Waals surface area contributed by atoms with Crippen molar-refractivity contribution in [1.29, 1.82) is 0 Å². The maximum atomic E-state index is 5.88. The van der Waals surface area contributed by atoms with Crippen LogP contribution in [0.4, 0.5) is 0 Å². The largest absolute Gasteiger partial charge is 0.334 e. The third-order valence-corrected chi connectivity index (χ3v) is 3.81. The van der Waals surface area contributed by atoms with Crippen molar-refractivity contribution in [3.8, 4) is 0 Å². The number of rotatable bonds is 6. The van der Waals surface area contributed by atoms with Gasteiger partial charge >= 0.3 is 0 Å². The summed E-state index contributed by atoms with van der Waals surface area (Å²) in [6, 6.07) is 0. The Morgan fingerprint density at radius 2 is 1.82 bits per heavy atom. The summed E-state index contributed by atoms with van der Waals surface area (Å²) < 4.78 is 2.28. The van der Waals surface area contributed by atoms with Crippen LogP contribution in [0.5, 0.6) is 0 Å². The molecule has 0 radical (unpaired) electrons. The summed E-state index contributed by atoms with van der Waals surface area (Å²) in [7, 11) is 0. The summed E-state index contributed by atoms with van der Waals surface area (Å²) in [5, 5.41) is 0. The average molecular weight is 237 g/mol. The predicted octanol–water partition coefficient (Wildman–Crippen LogP) is 2.87. The molecule has 3 nitrogen and oxygen atoms in total. The second kappa shape index (κ2) is 6.20. The first-order valence-corrected chi connectivity index (χ1v) is 6.67. The lowest BCUT2D eigenvalue weighted by Crippen LogP contribution is -2.23. The van der Waals surface area contributed by atoms with Crippen molar-refractivity contribution in [3.63, 3.8) is 0 Å². The van der Waals surface area contributed by atoms with Crippen molar-refractivity contribution >= 4 is 0 Å². The van der Waals surface area contributed by atoms with Gasteiger partial charge in [0.15, 0.2) is 0 Å². The zero-order chi connectivity index (χ0) is 13.0. The molecule has 1 aromatic rings. The molecule has 0 saturated heterocycles. The van der Waals surface area contributed by atoms with Crippen molar-refractivity contribution in [2.45, 2.75) is 47.1 Å². The second-order valence-electron chi connectivity index (χ2n) is 5.78. The normalized spacial score (nSPS) is 15.5. The molecular weight excluding hydrogens is 210 g/mol. The first kappa shape index (κ1) is 14.2. The molecule has 0 bridgehead atoms. The summed E-state index contributed by atoms with van der Waals surface area (Å²) in [6.07, 6.45) is 3.92. The van der Waals surface area contributed by atoms with E-state index < -0.39 is 0 Å². The minimum atomic E-state index is 0.414. The standard InChI is InChI=1S/C14H27N3/c1-10(2)12(5)8-17-9-16-7-14(17)13(6-15)11(3)4/h7,9-13H,6,8,15H2,1-5H3. The van der Waals surface area contributed by atoms with Crippen LogP contribution in [0.1, 0.15) is 46.2 Å². The highest BCUT2D eigenvalue weighted by atomic mass is 15.1. The summed E-state index contributed by atoms with van der Waals surface area (Å²) in [5.74, 6) is 2.33. The maximum absolute atomic E-state index is 5.88. The molecule has 0 spiro atoms. The Kier molecular flexibility index (Phi) is 5.19. The zero-order valence-corrected chi connectivity index (χ0v) is 11.9. The summed E-state index contributed by atoms with van der Waals surface area (Å²) in [6.45, 7) is 13.0. The topological polar surface area (TPSA) is 43.8 Å². The fourth-order valence-corrected chi connectivity index (χ4v) is 2.05. The fraction of sp³-hybridized carbons (Fsp3) is 0.786. The van der Waals surface area contributed by atoms with E-state index in [1.165, 1.54) is 5.69 Å². The Balaban J connectivity index is 2.84. The highest BCUT2D eigenvalue weighted by Crippen LogP contribution is 2.24. The van der Waals surface area contributed by atoms with Gasteiger partial charge in [-0.1, -0.05) is 34.6 Å². The van der Waals surface area contributed by atoms with E-state index in [9.17, 15) is 0 Å². The first-order chi connectivity index (χ1) is 7.97. The molecular formula is C14H27N3. The van der Waals surface area contributed by atoms with Gasteiger partial charge in [-0.05, 0) is 17.8 Å². The van der Waals surface area contributed by atoms with E-state index in [-0.39, 0.29) is 0 Å². The number of aromatic nitrogens is 2. The molecule has 0 saturated carbocycles. The van der Waals surface area contributed by atoms with Gasteiger partial charge in [0.25, 0.3) is 0 Å². The summed E-state index contributed by atoms with van der Waals surface area (Å²) in [4.78, 5) is 4.29. The number of hydrogen-bond donors (Lipinski definition) is 1. The minimum absolute atomic E-state index is 0.414. The highest BCUT2D eigenvalue weighted by Gasteiger charge is 2.19. The van der Waals surface area contributed by atoms with E-state index in [0.29, 0.717) is 30.2 Å². The molecule has 0 amide bonds. The van der Waals surface area contributed by atoms with E-state index >= 15 is 0 Å². The lowest BCUT2D eigenvalue weighted by molar-refractivity contribution is 0.351. The van der Waals surface area contributed by atoms with Gasteiger partial charge < -0.3 is 10.3 Å². The number of imidazole rings is 1. The Labute approximate surface area is 105 Å². The monoisotopic (exact) mass is 237 g/mol. The van der Waals surface area contributed by atoms with Crippen LogP contribution in [-0.2, 0) is 6.54 Å². The van der Waals surface area contributed by atoms with Crippen molar-refractivity contribution < 1.29 is 0 Å². The van der Waals surface area contributed by atoms with Crippen LogP contribution < -0.4 is 5.73 Å². The molecule has 2 N–H and O–H groups in total. The van der Waals surface area contributed by atoms with Crippen LogP contribution in [0.15, 0.2) is 12.5 Å². The quantitative estimate of drug-likeness (QED) is 0.826. The summed E-state index contributed by atoms with van der Waals surface area (Å²) >= 11 is 0. The molecule has 0 aliphatic carbocycles. The molecule has 1 heterocycles. The maximum Gasteiger partial charge on any atom is 0.0948 e. The van der Waals surface area contributed by atoms with Gasteiger partial charge in [-0.2, -0.15) is 0 Å². The molecule has 0 aromatic carbocycles. The number of nitrogens with two attached hydrogens (primary N) is 1. The fourth-order valence-electron chi connectivity index (χ4n) is 2.05. The highest BCUT2D eigenvalue weighted by molar-refractivity contribution is 5.08.